The Balaban J connectivity index is 2.39. The van der Waals surface area contributed by atoms with Crippen LogP contribution in [0.15, 0.2) is 72.9 Å². The molecular weight excluding hydrogens is 700 g/mol. The Bertz CT molecular complexity index is 1120. The molecule has 4 N–H and O–H groups in total. The van der Waals surface area contributed by atoms with Gasteiger partial charge < -0.3 is 39.4 Å². The molecule has 0 aromatic heterocycles. The van der Waals surface area contributed by atoms with Gasteiger partial charge in [-0.1, -0.05) is 125 Å². The Morgan fingerprint density at radius 2 is 1.02 bits per heavy atom. The summed E-state index contributed by atoms with van der Waals surface area (Å²) in [5, 5.41) is 40.0. The van der Waals surface area contributed by atoms with Crippen LogP contribution in [0.2, 0.25) is 0 Å². The molecule has 314 valence electrons. The second-order valence-electron chi connectivity index (χ2n) is 14.0. The summed E-state index contributed by atoms with van der Waals surface area (Å²) in [7, 11) is 0. The minimum Gasteiger partial charge on any atom is -0.462 e. The first-order valence-electron chi connectivity index (χ1n) is 21.0. The molecule has 1 fully saturated rings. The summed E-state index contributed by atoms with van der Waals surface area (Å²) in [6, 6.07) is 0. The van der Waals surface area contributed by atoms with Crippen molar-refractivity contribution in [1.29, 1.82) is 0 Å². The number of carbonyl (C=O) groups excluding carboxylic acids is 2. The van der Waals surface area contributed by atoms with Gasteiger partial charge in [0.2, 0.25) is 0 Å². The molecule has 1 aliphatic heterocycles. The lowest BCUT2D eigenvalue weighted by atomic mass is 9.99. The molecule has 0 radical (unpaired) electrons. The van der Waals surface area contributed by atoms with Crippen LogP contribution in [0, 0.1) is 0 Å². The SMILES string of the molecule is CC/C=C\C/C=C\C/C=C\CCCCCCCC(=O)OC[C@@H](CO[C@H]1O[C@@H](CO)[C@H](O)[C@@H](O)[C@@H]1O)OC(=O)CCCCCCC/C=C\C/C=C\C/C=C\CC. The minimum absolute atomic E-state index is 0.202. The molecule has 0 bridgehead atoms. The molecule has 0 aliphatic carbocycles. The molecule has 0 unspecified atom stereocenters. The van der Waals surface area contributed by atoms with Gasteiger partial charge >= 0.3 is 11.9 Å². The molecule has 6 atom stereocenters. The van der Waals surface area contributed by atoms with E-state index in [1.54, 1.807) is 0 Å². The molecule has 55 heavy (non-hydrogen) atoms. The van der Waals surface area contributed by atoms with Crippen LogP contribution in [-0.2, 0) is 28.5 Å². The van der Waals surface area contributed by atoms with Crippen LogP contribution in [0.25, 0.3) is 0 Å². The summed E-state index contributed by atoms with van der Waals surface area (Å²) in [5.74, 6) is -0.855. The topological polar surface area (TPSA) is 152 Å². The van der Waals surface area contributed by atoms with Crippen molar-refractivity contribution >= 4 is 11.9 Å². The van der Waals surface area contributed by atoms with Gasteiger partial charge in [0.1, 0.15) is 31.0 Å². The first kappa shape index (κ1) is 50.2. The average Bonchev–Trinajstić information content (AvgIpc) is 3.18. The number of ether oxygens (including phenoxy) is 4. The largest absolute Gasteiger partial charge is 0.462 e. The molecular formula is C45H74O10. The minimum atomic E-state index is -1.60. The van der Waals surface area contributed by atoms with Crippen LogP contribution in [0.1, 0.15) is 142 Å². The van der Waals surface area contributed by atoms with E-state index in [-0.39, 0.29) is 26.1 Å². The van der Waals surface area contributed by atoms with Crippen LogP contribution in [0.3, 0.4) is 0 Å². The van der Waals surface area contributed by atoms with Crippen molar-refractivity contribution in [3.8, 4) is 0 Å². The summed E-state index contributed by atoms with van der Waals surface area (Å²) in [5.41, 5.74) is 0. The van der Waals surface area contributed by atoms with Crippen LogP contribution < -0.4 is 0 Å². The highest BCUT2D eigenvalue weighted by Crippen LogP contribution is 2.22. The van der Waals surface area contributed by atoms with Gasteiger partial charge in [-0.3, -0.25) is 9.59 Å². The van der Waals surface area contributed by atoms with E-state index in [0.29, 0.717) is 12.8 Å². The van der Waals surface area contributed by atoms with Crippen molar-refractivity contribution in [3.05, 3.63) is 72.9 Å². The monoisotopic (exact) mass is 775 g/mol. The third-order valence-electron chi connectivity index (χ3n) is 9.09. The molecule has 10 nitrogen and oxygen atoms in total. The van der Waals surface area contributed by atoms with Crippen LogP contribution in [0.5, 0.6) is 0 Å². The highest BCUT2D eigenvalue weighted by atomic mass is 16.7. The zero-order chi connectivity index (χ0) is 40.2. The van der Waals surface area contributed by atoms with Crippen LogP contribution in [-0.4, -0.2) is 89.0 Å². The molecule has 0 saturated carbocycles. The van der Waals surface area contributed by atoms with Gasteiger partial charge in [0, 0.05) is 12.8 Å². The highest BCUT2D eigenvalue weighted by molar-refractivity contribution is 5.70. The summed E-state index contributed by atoms with van der Waals surface area (Å²) in [4.78, 5) is 25.3. The summed E-state index contributed by atoms with van der Waals surface area (Å²) >= 11 is 0. The normalized spacial score (nSPS) is 21.3. The number of carbonyl (C=O) groups is 2. The number of aliphatic hydroxyl groups excluding tert-OH is 4. The Labute approximate surface area is 332 Å². The molecule has 0 spiro atoms. The van der Waals surface area contributed by atoms with E-state index < -0.39 is 55.4 Å². The number of hydrogen-bond donors (Lipinski definition) is 4. The molecule has 1 heterocycles. The Morgan fingerprint density at radius 3 is 1.53 bits per heavy atom. The van der Waals surface area contributed by atoms with Crippen LogP contribution >= 0.6 is 0 Å². The number of hydrogen-bond acceptors (Lipinski definition) is 10. The zero-order valence-corrected chi connectivity index (χ0v) is 33.9. The van der Waals surface area contributed by atoms with Gasteiger partial charge in [-0.2, -0.15) is 0 Å². The van der Waals surface area contributed by atoms with E-state index in [2.05, 4.69) is 86.8 Å². The van der Waals surface area contributed by atoms with Gasteiger partial charge in [-0.15, -0.1) is 0 Å². The molecule has 1 saturated heterocycles. The van der Waals surface area contributed by atoms with E-state index in [1.165, 1.54) is 0 Å². The number of rotatable bonds is 33. The van der Waals surface area contributed by atoms with E-state index in [9.17, 15) is 30.0 Å². The maximum atomic E-state index is 12.7. The van der Waals surface area contributed by atoms with Gasteiger partial charge in [0.15, 0.2) is 12.4 Å². The zero-order valence-electron chi connectivity index (χ0n) is 33.9. The first-order valence-corrected chi connectivity index (χ1v) is 21.0. The lowest BCUT2D eigenvalue weighted by molar-refractivity contribution is -0.305. The summed E-state index contributed by atoms with van der Waals surface area (Å²) in [6.07, 6.45) is 36.2. The summed E-state index contributed by atoms with van der Waals surface area (Å²) < 4.78 is 22.1. The van der Waals surface area contributed by atoms with Crippen molar-refractivity contribution < 1.29 is 49.0 Å². The fourth-order valence-electron chi connectivity index (χ4n) is 5.80. The van der Waals surface area contributed by atoms with Crippen molar-refractivity contribution in [1.82, 2.24) is 0 Å². The third-order valence-corrected chi connectivity index (χ3v) is 9.09. The van der Waals surface area contributed by atoms with Crippen molar-refractivity contribution in [3.63, 3.8) is 0 Å². The standard InChI is InChI=1S/C45H74O10/c1-3-5-7-9-11-13-15-17-19-21-23-25-27-29-31-33-40(47)52-36-38(37-53-45-44(51)43(50)42(49)39(35-46)55-45)54-41(48)34-32-30-28-26-24-22-20-18-16-14-12-10-8-6-4-2/h5-8,11-14,17-20,38-39,42-46,49-51H,3-4,9-10,15-16,21-37H2,1-2H3/b7-5-,8-6-,13-11-,14-12-,19-17-,20-18-/t38-,39-,42-,43+,44-,45-/m0/s1. The fraction of sp³-hybridized carbons (Fsp3) is 0.689. The number of aliphatic hydroxyl groups is 4. The summed E-state index contributed by atoms with van der Waals surface area (Å²) in [6.45, 7) is 3.14. The van der Waals surface area contributed by atoms with Gasteiger partial charge in [0.25, 0.3) is 0 Å². The molecule has 0 amide bonds. The molecule has 0 aromatic rings. The number of allylic oxidation sites excluding steroid dienone is 12. The molecule has 10 heteroatoms. The Morgan fingerprint density at radius 1 is 0.564 bits per heavy atom. The average molecular weight is 775 g/mol. The van der Waals surface area contributed by atoms with Crippen molar-refractivity contribution in [2.45, 2.75) is 179 Å². The lowest BCUT2D eigenvalue weighted by Gasteiger charge is -2.39. The van der Waals surface area contributed by atoms with E-state index in [1.807, 2.05) is 0 Å². The highest BCUT2D eigenvalue weighted by Gasteiger charge is 2.44. The predicted molar refractivity (Wildman–Crippen MR) is 219 cm³/mol. The Hall–Kier alpha value is -2.86. The third kappa shape index (κ3) is 27.4. The van der Waals surface area contributed by atoms with E-state index in [0.717, 1.165) is 103 Å². The Kier molecular flexibility index (Phi) is 32.4. The number of esters is 2. The second-order valence-corrected chi connectivity index (χ2v) is 14.0. The van der Waals surface area contributed by atoms with E-state index in [4.69, 9.17) is 18.9 Å². The fourth-order valence-corrected chi connectivity index (χ4v) is 5.80. The predicted octanol–water partition coefficient (Wildman–Crippen LogP) is 8.44. The molecule has 1 aliphatic rings. The van der Waals surface area contributed by atoms with Crippen molar-refractivity contribution in [2.75, 3.05) is 19.8 Å². The number of unbranched alkanes of at least 4 members (excludes halogenated alkanes) is 10. The van der Waals surface area contributed by atoms with E-state index >= 15 is 0 Å². The van der Waals surface area contributed by atoms with Gasteiger partial charge in [-0.25, -0.2) is 0 Å². The maximum Gasteiger partial charge on any atom is 0.306 e. The smallest absolute Gasteiger partial charge is 0.306 e. The second kappa shape index (κ2) is 35.5. The molecule has 0 aromatic carbocycles. The first-order chi connectivity index (χ1) is 26.8. The van der Waals surface area contributed by atoms with Gasteiger partial charge in [-0.05, 0) is 77.0 Å². The molecule has 1 rings (SSSR count). The van der Waals surface area contributed by atoms with Gasteiger partial charge in [0.05, 0.1) is 13.2 Å². The van der Waals surface area contributed by atoms with Crippen LogP contribution in [0.4, 0.5) is 0 Å². The maximum absolute atomic E-state index is 12.7. The lowest BCUT2D eigenvalue weighted by Crippen LogP contribution is -2.59. The quantitative estimate of drug-likeness (QED) is 0.0291. The van der Waals surface area contributed by atoms with Crippen molar-refractivity contribution in [2.24, 2.45) is 0 Å².